The summed E-state index contributed by atoms with van der Waals surface area (Å²) in [6, 6.07) is 0. The first kappa shape index (κ1) is 20.1. The second-order valence-electron chi connectivity index (χ2n) is 7.93. The minimum Gasteiger partial charge on any atom is -0.481 e. The van der Waals surface area contributed by atoms with Crippen LogP contribution in [0.3, 0.4) is 0 Å². The van der Waals surface area contributed by atoms with Crippen LogP contribution in [-0.2, 0) is 20.7 Å². The fraction of sp³-hybridized carbons (Fsp3) is 0.571. The van der Waals surface area contributed by atoms with Gasteiger partial charge in [-0.3, -0.25) is 14.4 Å². The van der Waals surface area contributed by atoms with E-state index in [2.05, 4.69) is 5.32 Å². The maximum Gasteiger partial charge on any atom is 0.307 e. The van der Waals surface area contributed by atoms with Gasteiger partial charge in [0.25, 0.3) is 5.91 Å². The molecule has 1 saturated carbocycles. The monoisotopic (exact) mass is 418 g/mol. The Hall–Kier alpha value is -2.19. The third kappa shape index (κ3) is 3.48. The zero-order valence-corrected chi connectivity index (χ0v) is 17.5. The van der Waals surface area contributed by atoms with E-state index >= 15 is 0 Å². The van der Waals surface area contributed by atoms with Crippen molar-refractivity contribution in [2.45, 2.75) is 26.7 Å². The molecule has 2 bridgehead atoms. The van der Waals surface area contributed by atoms with E-state index in [1.165, 1.54) is 11.3 Å². The van der Waals surface area contributed by atoms with Crippen LogP contribution in [0.2, 0.25) is 0 Å². The van der Waals surface area contributed by atoms with Crippen LogP contribution in [0.5, 0.6) is 0 Å². The molecule has 0 radical (unpaired) electrons. The van der Waals surface area contributed by atoms with Crippen LogP contribution in [0.1, 0.15) is 34.1 Å². The van der Waals surface area contributed by atoms with Crippen molar-refractivity contribution in [3.05, 3.63) is 28.2 Å². The summed E-state index contributed by atoms with van der Waals surface area (Å²) in [6.45, 7) is 6.03. The van der Waals surface area contributed by atoms with Gasteiger partial charge in [0.2, 0.25) is 5.91 Å². The van der Waals surface area contributed by atoms with E-state index in [9.17, 15) is 19.5 Å². The summed E-state index contributed by atoms with van der Waals surface area (Å²) in [4.78, 5) is 40.9. The van der Waals surface area contributed by atoms with Gasteiger partial charge in [0, 0.05) is 18.0 Å². The Labute approximate surface area is 173 Å². The third-order valence-corrected chi connectivity index (χ3v) is 7.42. The van der Waals surface area contributed by atoms with Crippen LogP contribution in [-0.4, -0.2) is 54.1 Å². The van der Waals surface area contributed by atoms with Gasteiger partial charge in [-0.25, -0.2) is 0 Å². The number of carboxylic acids is 1. The van der Waals surface area contributed by atoms with Crippen LogP contribution in [0.15, 0.2) is 12.2 Å². The Morgan fingerprint density at radius 1 is 1.21 bits per heavy atom. The maximum atomic E-state index is 13.2. The van der Waals surface area contributed by atoms with Gasteiger partial charge in [-0.05, 0) is 37.2 Å². The van der Waals surface area contributed by atoms with E-state index < -0.39 is 17.8 Å². The number of fused-ring (bicyclic) bond motifs is 2. The molecule has 4 atom stereocenters. The van der Waals surface area contributed by atoms with Crippen LogP contribution in [0, 0.1) is 30.6 Å². The van der Waals surface area contributed by atoms with E-state index in [1.54, 1.807) is 4.90 Å². The lowest BCUT2D eigenvalue weighted by Gasteiger charge is -2.28. The average Bonchev–Trinajstić information content (AvgIpc) is 3.40. The lowest BCUT2D eigenvalue weighted by atomic mass is 9.82. The number of allylic oxidation sites excluding steroid dienone is 2. The van der Waals surface area contributed by atoms with Gasteiger partial charge in [0.15, 0.2) is 0 Å². The molecular weight excluding hydrogens is 392 g/mol. The Morgan fingerprint density at radius 3 is 2.48 bits per heavy atom. The van der Waals surface area contributed by atoms with E-state index in [0.29, 0.717) is 49.7 Å². The number of carbonyl (C=O) groups is 3. The highest BCUT2D eigenvalue weighted by Gasteiger charge is 2.51. The van der Waals surface area contributed by atoms with Gasteiger partial charge in [0.05, 0.1) is 30.6 Å². The van der Waals surface area contributed by atoms with Crippen molar-refractivity contribution in [3.8, 4) is 0 Å². The molecule has 2 fully saturated rings. The minimum atomic E-state index is -0.928. The molecule has 2 amide bonds. The maximum absolute atomic E-state index is 13.2. The van der Waals surface area contributed by atoms with Crippen molar-refractivity contribution in [1.82, 2.24) is 4.90 Å². The molecule has 8 heteroatoms. The summed E-state index contributed by atoms with van der Waals surface area (Å²) < 4.78 is 5.35. The van der Waals surface area contributed by atoms with Gasteiger partial charge in [-0.15, -0.1) is 11.3 Å². The molecule has 2 heterocycles. The first-order valence-corrected chi connectivity index (χ1v) is 10.9. The number of hydrogen-bond acceptors (Lipinski definition) is 5. The number of morpholine rings is 1. The number of aliphatic carboxylic acids is 1. The first-order chi connectivity index (χ1) is 13.9. The number of nitrogens with one attached hydrogen (secondary N) is 1. The fourth-order valence-electron chi connectivity index (χ4n) is 4.95. The van der Waals surface area contributed by atoms with Crippen molar-refractivity contribution in [2.24, 2.45) is 23.7 Å². The Kier molecular flexibility index (Phi) is 5.48. The molecular formula is C21H26N2O5S. The fourth-order valence-corrected chi connectivity index (χ4v) is 6.09. The number of rotatable bonds is 5. The molecule has 7 nitrogen and oxygen atoms in total. The molecule has 1 aromatic rings. The zero-order valence-electron chi connectivity index (χ0n) is 16.6. The standard InChI is InChI=1S/C21H26N2O5S/c1-3-14-11(2)29-19(17(14)20(25)23-6-8-28-9-7-23)22-18(24)15-12-4-5-13(10-12)16(15)21(26)27/h4-5,12-13,15-16H,3,6-10H2,1-2H3,(H,22,24)(H,26,27)/t12-,13+,15+,16+/m1/s1. The molecule has 0 aromatic carbocycles. The van der Waals surface area contributed by atoms with Crippen molar-refractivity contribution < 1.29 is 24.2 Å². The quantitative estimate of drug-likeness (QED) is 0.717. The van der Waals surface area contributed by atoms with Crippen LogP contribution in [0.4, 0.5) is 5.00 Å². The van der Waals surface area contributed by atoms with Gasteiger partial charge in [0.1, 0.15) is 5.00 Å². The number of amides is 2. The van der Waals surface area contributed by atoms with Crippen LogP contribution >= 0.6 is 11.3 Å². The summed E-state index contributed by atoms with van der Waals surface area (Å²) in [5, 5.41) is 13.1. The highest BCUT2D eigenvalue weighted by molar-refractivity contribution is 7.16. The number of carbonyl (C=O) groups excluding carboxylic acids is 2. The van der Waals surface area contributed by atoms with Gasteiger partial charge < -0.3 is 20.1 Å². The van der Waals surface area contributed by atoms with Crippen LogP contribution in [0.25, 0.3) is 0 Å². The summed E-state index contributed by atoms with van der Waals surface area (Å²) >= 11 is 1.40. The minimum absolute atomic E-state index is 0.0498. The normalized spacial score (nSPS) is 28.0. The Bertz CT molecular complexity index is 871. The number of ether oxygens (including phenoxy) is 1. The number of hydrogen-bond donors (Lipinski definition) is 2. The molecule has 156 valence electrons. The first-order valence-electron chi connectivity index (χ1n) is 10.1. The number of anilines is 1. The lowest BCUT2D eigenvalue weighted by molar-refractivity contribution is -0.146. The topological polar surface area (TPSA) is 95.9 Å². The predicted octanol–water partition coefficient (Wildman–Crippen LogP) is 2.55. The summed E-state index contributed by atoms with van der Waals surface area (Å²) in [7, 11) is 0. The molecule has 0 unspecified atom stereocenters. The summed E-state index contributed by atoms with van der Waals surface area (Å²) in [6.07, 6.45) is 5.28. The van der Waals surface area contributed by atoms with Gasteiger partial charge in [-0.2, -0.15) is 0 Å². The summed E-state index contributed by atoms with van der Waals surface area (Å²) in [5.41, 5.74) is 1.50. The van der Waals surface area contributed by atoms with E-state index in [-0.39, 0.29) is 23.7 Å². The molecule has 3 aliphatic rings. The molecule has 4 rings (SSSR count). The average molecular weight is 419 g/mol. The Balaban J connectivity index is 1.62. The second-order valence-corrected chi connectivity index (χ2v) is 9.15. The largest absolute Gasteiger partial charge is 0.481 e. The Morgan fingerprint density at radius 2 is 1.86 bits per heavy atom. The lowest BCUT2D eigenvalue weighted by Crippen LogP contribution is -2.41. The zero-order chi connectivity index (χ0) is 20.7. The summed E-state index contributed by atoms with van der Waals surface area (Å²) in [5.74, 6) is -2.74. The molecule has 1 saturated heterocycles. The molecule has 2 aliphatic carbocycles. The number of nitrogens with zero attached hydrogens (tertiary/aromatic N) is 1. The molecule has 29 heavy (non-hydrogen) atoms. The number of carboxylic acid groups (broad SMARTS) is 1. The second kappa shape index (κ2) is 7.91. The molecule has 1 aromatic heterocycles. The van der Waals surface area contributed by atoms with Crippen molar-refractivity contribution in [1.29, 1.82) is 0 Å². The molecule has 2 N–H and O–H groups in total. The van der Waals surface area contributed by atoms with Crippen molar-refractivity contribution in [2.75, 3.05) is 31.6 Å². The van der Waals surface area contributed by atoms with Crippen molar-refractivity contribution in [3.63, 3.8) is 0 Å². The molecule has 1 aliphatic heterocycles. The predicted molar refractivity (Wildman–Crippen MR) is 109 cm³/mol. The van der Waals surface area contributed by atoms with Gasteiger partial charge >= 0.3 is 5.97 Å². The SMILES string of the molecule is CCc1c(C)sc(NC(=O)[C@@H]2[C@@H](C(=O)O)[C@H]3C=C[C@@H]2C3)c1C(=O)N1CCOCC1. The van der Waals surface area contributed by atoms with Crippen molar-refractivity contribution >= 4 is 34.1 Å². The van der Waals surface area contributed by atoms with E-state index in [4.69, 9.17) is 4.74 Å². The number of thiophene rings is 1. The van der Waals surface area contributed by atoms with E-state index in [1.807, 2.05) is 26.0 Å². The highest BCUT2D eigenvalue weighted by atomic mass is 32.1. The number of aryl methyl sites for hydroxylation is 1. The molecule has 0 spiro atoms. The highest BCUT2D eigenvalue weighted by Crippen LogP contribution is 2.49. The third-order valence-electron chi connectivity index (χ3n) is 6.36. The smallest absolute Gasteiger partial charge is 0.307 e. The van der Waals surface area contributed by atoms with E-state index in [0.717, 1.165) is 10.4 Å². The van der Waals surface area contributed by atoms with Crippen LogP contribution < -0.4 is 5.32 Å². The van der Waals surface area contributed by atoms with Gasteiger partial charge in [-0.1, -0.05) is 19.1 Å².